The normalized spacial score (nSPS) is 28.3. The molecule has 1 aromatic rings. The highest BCUT2D eigenvalue weighted by atomic mass is 35.5. The van der Waals surface area contributed by atoms with Gasteiger partial charge in [-0.05, 0) is 37.5 Å². The first-order valence-corrected chi connectivity index (χ1v) is 6.21. The van der Waals surface area contributed by atoms with Gasteiger partial charge in [-0.15, -0.1) is 0 Å². The molecule has 0 spiro atoms. The zero-order chi connectivity index (χ0) is 12.3. The Labute approximate surface area is 107 Å². The highest BCUT2D eigenvalue weighted by Gasteiger charge is 2.29. The van der Waals surface area contributed by atoms with E-state index < -0.39 is 5.72 Å². The number of benzene rings is 1. The van der Waals surface area contributed by atoms with Gasteiger partial charge < -0.3 is 10.8 Å². The van der Waals surface area contributed by atoms with Crippen LogP contribution in [0.25, 0.3) is 0 Å². The summed E-state index contributed by atoms with van der Waals surface area (Å²) in [6.45, 7) is 0. The molecule has 0 saturated heterocycles. The number of hydrogen-bond acceptors (Lipinski definition) is 2. The van der Waals surface area contributed by atoms with Crippen molar-refractivity contribution in [2.24, 2.45) is 11.7 Å². The van der Waals surface area contributed by atoms with Crippen LogP contribution in [0.4, 0.5) is 0 Å². The van der Waals surface area contributed by atoms with Crippen LogP contribution in [0, 0.1) is 17.8 Å². The minimum absolute atomic E-state index is 0.178. The lowest BCUT2D eigenvalue weighted by molar-refractivity contribution is -0.000870. The Morgan fingerprint density at radius 1 is 1.47 bits per heavy atom. The van der Waals surface area contributed by atoms with Gasteiger partial charge in [0.1, 0.15) is 5.72 Å². The Morgan fingerprint density at radius 2 is 2.29 bits per heavy atom. The third kappa shape index (κ3) is 3.74. The molecule has 1 aromatic carbocycles. The zero-order valence-corrected chi connectivity index (χ0v) is 10.4. The first-order valence-electron chi connectivity index (χ1n) is 5.83. The van der Waals surface area contributed by atoms with E-state index in [0.717, 1.165) is 18.4 Å². The molecular formula is C14H16ClNO. The van der Waals surface area contributed by atoms with Crippen LogP contribution in [0.2, 0.25) is 5.02 Å². The summed E-state index contributed by atoms with van der Waals surface area (Å²) in [4.78, 5) is 0. The Kier molecular flexibility index (Phi) is 3.73. The van der Waals surface area contributed by atoms with Crippen LogP contribution < -0.4 is 5.73 Å². The van der Waals surface area contributed by atoms with Gasteiger partial charge in [0.2, 0.25) is 0 Å². The van der Waals surface area contributed by atoms with Crippen LogP contribution in [0.15, 0.2) is 24.3 Å². The highest BCUT2D eigenvalue weighted by molar-refractivity contribution is 6.30. The Hall–Kier alpha value is -1.01. The molecule has 3 N–H and O–H groups in total. The maximum Gasteiger partial charge on any atom is 0.114 e. The van der Waals surface area contributed by atoms with Crippen LogP contribution in [0.5, 0.6) is 0 Å². The molecule has 2 rings (SSSR count). The molecule has 0 aromatic heterocycles. The predicted octanol–water partition coefficient (Wildman–Crippen LogP) is 2.53. The van der Waals surface area contributed by atoms with E-state index in [2.05, 4.69) is 11.8 Å². The summed E-state index contributed by atoms with van der Waals surface area (Å²) in [5, 5.41) is 10.5. The van der Waals surface area contributed by atoms with Gasteiger partial charge >= 0.3 is 0 Å². The van der Waals surface area contributed by atoms with Gasteiger partial charge in [0, 0.05) is 22.9 Å². The average Bonchev–Trinajstić information content (AvgIpc) is 2.25. The van der Waals surface area contributed by atoms with Gasteiger partial charge in [0.05, 0.1) is 0 Å². The van der Waals surface area contributed by atoms with Gasteiger partial charge in [0.25, 0.3) is 0 Å². The number of halogens is 1. The number of aliphatic hydroxyl groups is 1. The number of rotatable bonds is 0. The minimum atomic E-state index is -1.04. The van der Waals surface area contributed by atoms with Gasteiger partial charge in [-0.25, -0.2) is 0 Å². The summed E-state index contributed by atoms with van der Waals surface area (Å²) < 4.78 is 0. The van der Waals surface area contributed by atoms with Crippen LogP contribution in [0.1, 0.15) is 31.2 Å². The molecule has 90 valence electrons. The van der Waals surface area contributed by atoms with Crippen LogP contribution in [-0.4, -0.2) is 10.8 Å². The Morgan fingerprint density at radius 3 is 3.00 bits per heavy atom. The maximum absolute atomic E-state index is 9.78. The molecule has 0 amide bonds. The molecule has 1 aliphatic carbocycles. The summed E-state index contributed by atoms with van der Waals surface area (Å²) in [6.07, 6.45) is 3.16. The van der Waals surface area contributed by atoms with Crippen molar-refractivity contribution in [3.8, 4) is 11.8 Å². The monoisotopic (exact) mass is 249 g/mol. The Balaban J connectivity index is 2.06. The minimum Gasteiger partial charge on any atom is -0.376 e. The van der Waals surface area contributed by atoms with Crippen molar-refractivity contribution in [1.82, 2.24) is 0 Å². The van der Waals surface area contributed by atoms with E-state index in [1.54, 1.807) is 0 Å². The lowest BCUT2D eigenvalue weighted by atomic mass is 9.84. The summed E-state index contributed by atoms with van der Waals surface area (Å²) in [5.74, 6) is 6.44. The average molecular weight is 250 g/mol. The number of nitrogens with two attached hydrogens (primary N) is 1. The molecule has 1 aliphatic rings. The molecule has 1 saturated carbocycles. The van der Waals surface area contributed by atoms with Crippen LogP contribution in [-0.2, 0) is 0 Å². The molecule has 2 atom stereocenters. The lowest BCUT2D eigenvalue weighted by Gasteiger charge is -2.31. The molecule has 0 unspecified atom stereocenters. The van der Waals surface area contributed by atoms with E-state index in [0.29, 0.717) is 17.9 Å². The number of hydrogen-bond donors (Lipinski definition) is 2. The molecule has 1 fully saturated rings. The van der Waals surface area contributed by atoms with Crippen molar-refractivity contribution in [3.05, 3.63) is 34.9 Å². The SMILES string of the molecule is N[C@@]1(O)CCC[C@@H](C#Cc2cccc(Cl)c2)C1. The standard InChI is InChI=1S/C14H16ClNO/c15-13-5-1-3-11(9-13)6-7-12-4-2-8-14(16,17)10-12/h1,3,5,9,12,17H,2,4,8,10,16H2/t12-,14+/m0/s1. The zero-order valence-electron chi connectivity index (χ0n) is 9.62. The summed E-state index contributed by atoms with van der Waals surface area (Å²) in [7, 11) is 0. The van der Waals surface area contributed by atoms with Crippen LogP contribution in [0.3, 0.4) is 0 Å². The van der Waals surface area contributed by atoms with E-state index >= 15 is 0 Å². The third-order valence-electron chi connectivity index (χ3n) is 3.01. The predicted molar refractivity (Wildman–Crippen MR) is 69.4 cm³/mol. The van der Waals surface area contributed by atoms with E-state index in [4.69, 9.17) is 17.3 Å². The smallest absolute Gasteiger partial charge is 0.114 e. The quantitative estimate of drug-likeness (QED) is 0.548. The lowest BCUT2D eigenvalue weighted by Crippen LogP contribution is -2.43. The van der Waals surface area contributed by atoms with Gasteiger partial charge in [-0.3, -0.25) is 0 Å². The summed E-state index contributed by atoms with van der Waals surface area (Å²) >= 11 is 5.88. The van der Waals surface area contributed by atoms with Crippen molar-refractivity contribution in [2.75, 3.05) is 0 Å². The first-order chi connectivity index (χ1) is 8.05. The highest BCUT2D eigenvalue weighted by Crippen LogP contribution is 2.28. The second kappa shape index (κ2) is 5.10. The van der Waals surface area contributed by atoms with Gasteiger partial charge in [-0.2, -0.15) is 0 Å². The van der Waals surface area contributed by atoms with E-state index in [1.807, 2.05) is 24.3 Å². The van der Waals surface area contributed by atoms with Crippen molar-refractivity contribution < 1.29 is 5.11 Å². The summed E-state index contributed by atoms with van der Waals surface area (Å²) in [5.41, 5.74) is 5.60. The second-order valence-electron chi connectivity index (χ2n) is 4.68. The fraction of sp³-hybridized carbons (Fsp3) is 0.429. The van der Waals surface area contributed by atoms with E-state index in [9.17, 15) is 5.11 Å². The molecule has 0 radical (unpaired) electrons. The molecular weight excluding hydrogens is 234 g/mol. The molecule has 2 nitrogen and oxygen atoms in total. The molecule has 0 aliphatic heterocycles. The maximum atomic E-state index is 9.78. The van der Waals surface area contributed by atoms with Gasteiger partial charge in [0.15, 0.2) is 0 Å². The Bertz CT molecular complexity index is 459. The van der Waals surface area contributed by atoms with E-state index in [1.165, 1.54) is 0 Å². The topological polar surface area (TPSA) is 46.2 Å². The molecule has 3 heteroatoms. The summed E-state index contributed by atoms with van der Waals surface area (Å²) in [6, 6.07) is 7.47. The van der Waals surface area contributed by atoms with Crippen molar-refractivity contribution >= 4 is 11.6 Å². The van der Waals surface area contributed by atoms with E-state index in [-0.39, 0.29) is 5.92 Å². The van der Waals surface area contributed by atoms with Crippen molar-refractivity contribution in [2.45, 2.75) is 31.4 Å². The molecule has 17 heavy (non-hydrogen) atoms. The molecule has 0 bridgehead atoms. The fourth-order valence-electron chi connectivity index (χ4n) is 2.16. The largest absolute Gasteiger partial charge is 0.376 e. The van der Waals surface area contributed by atoms with Crippen LogP contribution >= 0.6 is 11.6 Å². The second-order valence-corrected chi connectivity index (χ2v) is 5.11. The third-order valence-corrected chi connectivity index (χ3v) is 3.24. The first kappa shape index (κ1) is 12.4. The van der Waals surface area contributed by atoms with Crippen molar-refractivity contribution in [1.29, 1.82) is 0 Å². The molecule has 0 heterocycles. The van der Waals surface area contributed by atoms with Crippen molar-refractivity contribution in [3.63, 3.8) is 0 Å². The fourth-order valence-corrected chi connectivity index (χ4v) is 2.35. The van der Waals surface area contributed by atoms with Gasteiger partial charge in [-0.1, -0.05) is 29.5 Å².